The van der Waals surface area contributed by atoms with Crippen LogP contribution in [0.1, 0.15) is 71.6 Å². The molecule has 0 aromatic heterocycles. The number of alkyl halides is 1. The number of thioether (sulfide) groups is 1. The van der Waals surface area contributed by atoms with Crippen LogP contribution in [-0.2, 0) is 4.79 Å². The predicted molar refractivity (Wildman–Crippen MR) is 90.8 cm³/mol. The molecule has 0 amide bonds. The summed E-state index contributed by atoms with van der Waals surface area (Å²) in [5.41, 5.74) is 0. The van der Waals surface area contributed by atoms with E-state index in [1.807, 2.05) is 6.08 Å². The quantitative estimate of drug-likeness (QED) is 0.334. The van der Waals surface area contributed by atoms with Crippen molar-refractivity contribution in [2.75, 3.05) is 5.75 Å². The van der Waals surface area contributed by atoms with Gasteiger partial charge < -0.3 is 5.11 Å². The zero-order chi connectivity index (χ0) is 15.9. The maximum Gasteiger partial charge on any atom is 0.316 e. The number of allylic oxidation sites excluding steroid dienone is 2. The molecule has 0 aliphatic heterocycles. The van der Waals surface area contributed by atoms with Crippen LogP contribution in [0.15, 0.2) is 12.2 Å². The maximum absolute atomic E-state index is 13.6. The molecule has 2 nitrogen and oxygen atoms in total. The van der Waals surface area contributed by atoms with Crippen LogP contribution in [0.3, 0.4) is 0 Å². The first kappa shape index (κ1) is 20.5. The van der Waals surface area contributed by atoms with Gasteiger partial charge in [0.25, 0.3) is 0 Å². The van der Waals surface area contributed by atoms with Crippen LogP contribution in [0.4, 0.5) is 4.39 Å². The van der Waals surface area contributed by atoms with Gasteiger partial charge in [0.2, 0.25) is 0 Å². The lowest BCUT2D eigenvalue weighted by Crippen LogP contribution is -2.13. The molecule has 0 aromatic carbocycles. The van der Waals surface area contributed by atoms with Crippen LogP contribution in [0.5, 0.6) is 0 Å². The molecule has 0 bridgehead atoms. The van der Waals surface area contributed by atoms with E-state index >= 15 is 0 Å². The number of aliphatic carboxylic acids is 1. The van der Waals surface area contributed by atoms with Gasteiger partial charge in [-0.2, -0.15) is 0 Å². The zero-order valence-electron chi connectivity index (χ0n) is 13.5. The SMILES string of the molecule is CCCCCCCC/C=C/CC([18F])CCSC(C)C(=O)O. The van der Waals surface area contributed by atoms with E-state index in [2.05, 4.69) is 13.0 Å². The maximum atomic E-state index is 13.6. The van der Waals surface area contributed by atoms with Crippen molar-refractivity contribution in [3.63, 3.8) is 0 Å². The zero-order valence-corrected chi connectivity index (χ0v) is 14.3. The summed E-state index contributed by atoms with van der Waals surface area (Å²) in [6.07, 6.45) is 12.8. The van der Waals surface area contributed by atoms with Crippen molar-refractivity contribution in [3.8, 4) is 0 Å². The molecule has 1 N–H and O–H groups in total. The Hall–Kier alpha value is -0.510. The van der Waals surface area contributed by atoms with Gasteiger partial charge in [0.05, 0.1) is 5.25 Å². The van der Waals surface area contributed by atoms with Crippen LogP contribution in [0.25, 0.3) is 0 Å². The third-order valence-electron chi connectivity index (χ3n) is 3.43. The number of rotatable bonds is 14. The van der Waals surface area contributed by atoms with Crippen molar-refractivity contribution < 1.29 is 14.3 Å². The monoisotopic (exact) mass is 317 g/mol. The number of carbonyl (C=O) groups is 1. The van der Waals surface area contributed by atoms with E-state index in [4.69, 9.17) is 5.11 Å². The predicted octanol–water partition coefficient (Wildman–Crippen LogP) is 5.62. The largest absolute Gasteiger partial charge is 0.480 e. The lowest BCUT2D eigenvalue weighted by atomic mass is 10.1. The number of carboxylic acids is 1. The van der Waals surface area contributed by atoms with E-state index in [-0.39, 0.29) is 0 Å². The third-order valence-corrected chi connectivity index (χ3v) is 4.60. The van der Waals surface area contributed by atoms with Crippen molar-refractivity contribution in [1.29, 1.82) is 0 Å². The normalized spacial score (nSPS) is 14.4. The molecule has 0 rings (SSSR count). The summed E-state index contributed by atoms with van der Waals surface area (Å²) in [5.74, 6) is -0.255. The van der Waals surface area contributed by atoms with Crippen LogP contribution < -0.4 is 0 Å². The molecule has 0 heterocycles. The Morgan fingerprint density at radius 3 is 2.52 bits per heavy atom. The van der Waals surface area contributed by atoms with Crippen molar-refractivity contribution in [2.24, 2.45) is 0 Å². The van der Waals surface area contributed by atoms with Gasteiger partial charge in [0, 0.05) is 0 Å². The second kappa shape index (κ2) is 14.4. The third kappa shape index (κ3) is 14.2. The Morgan fingerprint density at radius 1 is 1.19 bits per heavy atom. The lowest BCUT2D eigenvalue weighted by Gasteiger charge is -2.07. The number of halogens is 1. The molecule has 0 saturated heterocycles. The minimum atomic E-state index is -0.848. The Kier molecular flexibility index (Phi) is 14.1. The average molecular weight is 318 g/mol. The highest BCUT2D eigenvalue weighted by Gasteiger charge is 2.12. The fraction of sp³-hybridized carbons (Fsp3) is 0.824. The van der Waals surface area contributed by atoms with Crippen molar-refractivity contribution in [2.45, 2.75) is 83.1 Å². The van der Waals surface area contributed by atoms with Gasteiger partial charge in [-0.15, -0.1) is 11.8 Å². The summed E-state index contributed by atoms with van der Waals surface area (Å²) in [6.45, 7) is 3.86. The first-order valence-electron chi connectivity index (χ1n) is 8.21. The molecule has 0 radical (unpaired) electrons. The van der Waals surface area contributed by atoms with Gasteiger partial charge in [0.15, 0.2) is 0 Å². The van der Waals surface area contributed by atoms with Crippen molar-refractivity contribution in [1.82, 2.24) is 0 Å². The van der Waals surface area contributed by atoms with E-state index in [1.165, 1.54) is 50.3 Å². The van der Waals surface area contributed by atoms with Crippen LogP contribution in [-0.4, -0.2) is 28.3 Å². The van der Waals surface area contributed by atoms with Gasteiger partial charge in [-0.3, -0.25) is 4.79 Å². The fourth-order valence-corrected chi connectivity index (χ4v) is 2.85. The number of hydrogen-bond acceptors (Lipinski definition) is 2. The Labute approximate surface area is 133 Å². The molecule has 0 aliphatic carbocycles. The number of hydrogen-bond donors (Lipinski definition) is 1. The van der Waals surface area contributed by atoms with Gasteiger partial charge >= 0.3 is 5.97 Å². The molecule has 21 heavy (non-hydrogen) atoms. The summed E-state index contributed by atoms with van der Waals surface area (Å²) in [4.78, 5) is 10.6. The molecule has 0 aromatic rings. The first-order valence-corrected chi connectivity index (χ1v) is 9.26. The number of carboxylic acid groups (broad SMARTS) is 1. The summed E-state index contributed by atoms with van der Waals surface area (Å²) >= 11 is 1.31. The summed E-state index contributed by atoms with van der Waals surface area (Å²) < 4.78 is 13.6. The van der Waals surface area contributed by atoms with E-state index in [0.717, 1.165) is 6.42 Å². The van der Waals surface area contributed by atoms with Gasteiger partial charge in [-0.05, 0) is 38.4 Å². The van der Waals surface area contributed by atoms with E-state index < -0.39 is 17.4 Å². The van der Waals surface area contributed by atoms with E-state index in [0.29, 0.717) is 18.6 Å². The topological polar surface area (TPSA) is 37.3 Å². The molecule has 0 saturated carbocycles. The van der Waals surface area contributed by atoms with Crippen molar-refractivity contribution in [3.05, 3.63) is 12.2 Å². The second-order valence-electron chi connectivity index (χ2n) is 5.50. The van der Waals surface area contributed by atoms with Crippen LogP contribution in [0, 0.1) is 0 Å². The van der Waals surface area contributed by atoms with Gasteiger partial charge in [-0.1, -0.05) is 51.2 Å². The highest BCUT2D eigenvalue weighted by molar-refractivity contribution is 8.00. The highest BCUT2D eigenvalue weighted by Crippen LogP contribution is 2.16. The molecule has 0 fully saturated rings. The molecule has 2 unspecified atom stereocenters. The minimum Gasteiger partial charge on any atom is -0.480 e. The molecular formula is C17H31FO2S. The Bertz CT molecular complexity index is 282. The molecule has 0 spiro atoms. The standard InChI is InChI=1S/C17H31FO2S/c1-3-4-5-6-7-8-9-10-11-12-16(18)13-14-21-15(2)17(19)20/h10-11,15-16H,3-9,12-14H2,1-2H3,(H,19,20)/b11-10+/i18-1. The van der Waals surface area contributed by atoms with Crippen LogP contribution >= 0.6 is 11.8 Å². The Morgan fingerprint density at radius 2 is 1.86 bits per heavy atom. The minimum absolute atomic E-state index is 0.434. The fourth-order valence-electron chi connectivity index (χ4n) is 1.97. The molecule has 4 heteroatoms. The second-order valence-corrected chi connectivity index (χ2v) is 6.95. The lowest BCUT2D eigenvalue weighted by molar-refractivity contribution is -0.136. The van der Waals surface area contributed by atoms with Gasteiger partial charge in [-0.25, -0.2) is 4.39 Å². The summed E-state index contributed by atoms with van der Waals surface area (Å²) in [7, 11) is 0. The van der Waals surface area contributed by atoms with Crippen molar-refractivity contribution >= 4 is 17.7 Å². The Balaban J connectivity index is 3.41. The van der Waals surface area contributed by atoms with Crippen LogP contribution in [0.2, 0.25) is 0 Å². The van der Waals surface area contributed by atoms with Gasteiger partial charge in [0.1, 0.15) is 6.17 Å². The average Bonchev–Trinajstić information content (AvgIpc) is 2.45. The first-order chi connectivity index (χ1) is 10.1. The molecule has 2 atom stereocenters. The smallest absolute Gasteiger partial charge is 0.316 e. The molecule has 124 valence electrons. The molecule has 0 aliphatic rings. The highest BCUT2D eigenvalue weighted by atomic mass is 32.2. The summed E-state index contributed by atoms with van der Waals surface area (Å²) in [6, 6.07) is 0. The van der Waals surface area contributed by atoms with E-state index in [9.17, 15) is 9.18 Å². The van der Waals surface area contributed by atoms with E-state index in [1.54, 1.807) is 6.92 Å². The summed E-state index contributed by atoms with van der Waals surface area (Å²) in [5, 5.41) is 8.27. The molecular weight excluding hydrogens is 286 g/mol. The number of unbranched alkanes of at least 4 members (excludes halogenated alkanes) is 6.